The van der Waals surface area contributed by atoms with Gasteiger partial charge in [0.05, 0.1) is 6.61 Å². The number of carbonyl (C=O) groups excluding carboxylic acids is 1. The van der Waals surface area contributed by atoms with Crippen molar-refractivity contribution in [2.24, 2.45) is 46.3 Å². The fraction of sp³-hybridized carbons (Fsp3) is 0.909. The van der Waals surface area contributed by atoms with Crippen molar-refractivity contribution in [2.75, 3.05) is 6.61 Å². The van der Waals surface area contributed by atoms with Crippen LogP contribution in [0.5, 0.6) is 0 Å². The molecule has 3 fully saturated rings. The standard InChI is InChI=1S/C33H56O3/c1-7-8-9-21-35-31(34)36-26-17-19-32(5)25(22-26)13-14-27-29-16-15-28(24(4)12-10-11-23(2)3)33(29,6)20-18-30(27)32/h13,23-24,26-30H,7-12,14-22H2,1-6H3/t24-,26?,27+,28-,29+,30+,32+,33-/m1/s1. The van der Waals surface area contributed by atoms with E-state index in [-0.39, 0.29) is 6.10 Å². The Morgan fingerprint density at radius 1 is 1.00 bits per heavy atom. The smallest absolute Gasteiger partial charge is 0.434 e. The number of fused-ring (bicyclic) bond motifs is 5. The lowest BCUT2D eigenvalue weighted by Crippen LogP contribution is -2.51. The number of hydrogen-bond acceptors (Lipinski definition) is 3. The highest BCUT2D eigenvalue weighted by Gasteiger charge is 2.59. The SMILES string of the molecule is CCCCCOC(=O)OC1CC[C@@]2(C)C(=CC[C@H]3[C@@H]4CC[C@H]([C@H](C)CCCC(C)C)[C@@]4(C)CC[C@@H]32)C1. The molecule has 206 valence electrons. The predicted octanol–water partition coefficient (Wildman–Crippen LogP) is 9.74. The van der Waals surface area contributed by atoms with Crippen LogP contribution >= 0.6 is 0 Å². The molecule has 0 bridgehead atoms. The summed E-state index contributed by atoms with van der Waals surface area (Å²) < 4.78 is 11.1. The molecule has 0 N–H and O–H groups in total. The third kappa shape index (κ3) is 5.70. The van der Waals surface area contributed by atoms with Gasteiger partial charge in [-0.15, -0.1) is 0 Å². The second-order valence-corrected chi connectivity index (χ2v) is 14.1. The van der Waals surface area contributed by atoms with Crippen LogP contribution in [0.15, 0.2) is 11.6 Å². The summed E-state index contributed by atoms with van der Waals surface area (Å²) >= 11 is 0. The first-order valence-corrected chi connectivity index (χ1v) is 15.7. The van der Waals surface area contributed by atoms with Gasteiger partial charge in [-0.25, -0.2) is 4.79 Å². The minimum atomic E-state index is -0.457. The zero-order chi connectivity index (χ0) is 25.9. The van der Waals surface area contributed by atoms with Crippen LogP contribution in [0.3, 0.4) is 0 Å². The third-order valence-electron chi connectivity index (χ3n) is 11.5. The maximum Gasteiger partial charge on any atom is 0.508 e. The molecule has 0 heterocycles. The van der Waals surface area contributed by atoms with E-state index < -0.39 is 6.16 Å². The van der Waals surface area contributed by atoms with Gasteiger partial charge in [-0.2, -0.15) is 0 Å². The van der Waals surface area contributed by atoms with Crippen molar-refractivity contribution >= 4 is 6.16 Å². The van der Waals surface area contributed by atoms with Crippen molar-refractivity contribution in [2.45, 2.75) is 138 Å². The summed E-state index contributed by atoms with van der Waals surface area (Å²) in [5.41, 5.74) is 2.43. The Kier molecular flexibility index (Phi) is 9.20. The minimum absolute atomic E-state index is 0.00374. The lowest BCUT2D eigenvalue weighted by Gasteiger charge is -2.58. The quantitative estimate of drug-likeness (QED) is 0.170. The molecule has 4 aliphatic carbocycles. The highest BCUT2D eigenvalue weighted by molar-refractivity contribution is 5.60. The highest BCUT2D eigenvalue weighted by atomic mass is 16.7. The molecule has 0 aromatic rings. The minimum Gasteiger partial charge on any atom is -0.434 e. The summed E-state index contributed by atoms with van der Waals surface area (Å²) in [5.74, 6) is 5.19. The average molecular weight is 501 g/mol. The van der Waals surface area contributed by atoms with Gasteiger partial charge in [0.1, 0.15) is 6.10 Å². The Morgan fingerprint density at radius 3 is 2.56 bits per heavy atom. The average Bonchev–Trinajstić information content (AvgIpc) is 3.19. The van der Waals surface area contributed by atoms with E-state index in [0.29, 0.717) is 17.4 Å². The zero-order valence-electron chi connectivity index (χ0n) is 24.5. The van der Waals surface area contributed by atoms with Gasteiger partial charge in [0, 0.05) is 6.42 Å². The van der Waals surface area contributed by atoms with E-state index in [9.17, 15) is 4.79 Å². The van der Waals surface area contributed by atoms with E-state index >= 15 is 0 Å². The van der Waals surface area contributed by atoms with Crippen LogP contribution in [0.25, 0.3) is 0 Å². The fourth-order valence-corrected chi connectivity index (χ4v) is 9.43. The molecule has 0 amide bonds. The molecule has 0 saturated heterocycles. The molecule has 3 nitrogen and oxygen atoms in total. The number of hydrogen-bond donors (Lipinski definition) is 0. The molecule has 4 aliphatic rings. The Bertz CT molecular complexity index is 771. The zero-order valence-corrected chi connectivity index (χ0v) is 24.5. The highest BCUT2D eigenvalue weighted by Crippen LogP contribution is 2.67. The first-order chi connectivity index (χ1) is 17.2. The maximum absolute atomic E-state index is 12.2. The second kappa shape index (κ2) is 11.8. The lowest BCUT2D eigenvalue weighted by atomic mass is 9.47. The van der Waals surface area contributed by atoms with E-state index in [1.165, 1.54) is 51.4 Å². The van der Waals surface area contributed by atoms with Crippen molar-refractivity contribution in [1.82, 2.24) is 0 Å². The van der Waals surface area contributed by atoms with Crippen LogP contribution in [-0.4, -0.2) is 18.9 Å². The van der Waals surface area contributed by atoms with Gasteiger partial charge in [-0.3, -0.25) is 0 Å². The topological polar surface area (TPSA) is 35.5 Å². The molecule has 3 heteroatoms. The van der Waals surface area contributed by atoms with Crippen LogP contribution in [-0.2, 0) is 9.47 Å². The monoisotopic (exact) mass is 500 g/mol. The van der Waals surface area contributed by atoms with Gasteiger partial charge in [-0.05, 0) is 97.7 Å². The van der Waals surface area contributed by atoms with Crippen molar-refractivity contribution in [3.05, 3.63) is 11.6 Å². The molecular weight excluding hydrogens is 444 g/mol. The molecule has 36 heavy (non-hydrogen) atoms. The first-order valence-electron chi connectivity index (χ1n) is 15.7. The van der Waals surface area contributed by atoms with Gasteiger partial charge < -0.3 is 9.47 Å². The van der Waals surface area contributed by atoms with Gasteiger partial charge in [0.25, 0.3) is 0 Å². The summed E-state index contributed by atoms with van der Waals surface area (Å²) in [7, 11) is 0. The number of rotatable bonds is 10. The van der Waals surface area contributed by atoms with E-state index in [1.54, 1.807) is 5.57 Å². The van der Waals surface area contributed by atoms with Gasteiger partial charge >= 0.3 is 6.16 Å². The maximum atomic E-state index is 12.2. The van der Waals surface area contributed by atoms with Gasteiger partial charge in [0.15, 0.2) is 0 Å². The summed E-state index contributed by atoms with van der Waals surface area (Å²) in [6, 6.07) is 0. The Labute approximate surface area is 222 Å². The van der Waals surface area contributed by atoms with Crippen molar-refractivity contribution in [1.29, 1.82) is 0 Å². The second-order valence-electron chi connectivity index (χ2n) is 14.1. The van der Waals surface area contributed by atoms with Crippen LogP contribution in [0.2, 0.25) is 0 Å². The number of allylic oxidation sites excluding steroid dienone is 1. The first kappa shape index (κ1) is 28.0. The van der Waals surface area contributed by atoms with E-state index in [2.05, 4.69) is 47.6 Å². The van der Waals surface area contributed by atoms with Gasteiger partial charge in [0.2, 0.25) is 0 Å². The molecule has 0 aromatic heterocycles. The molecule has 3 saturated carbocycles. The molecule has 0 spiro atoms. The summed E-state index contributed by atoms with van der Waals surface area (Å²) in [6.07, 6.45) is 19.5. The Hall–Kier alpha value is -0.990. The normalized spacial score (nSPS) is 38.5. The molecule has 0 aromatic carbocycles. The van der Waals surface area contributed by atoms with E-state index in [1.807, 2.05) is 0 Å². The summed E-state index contributed by atoms with van der Waals surface area (Å²) in [6.45, 7) is 15.2. The van der Waals surface area contributed by atoms with E-state index in [4.69, 9.17) is 9.47 Å². The fourth-order valence-electron chi connectivity index (χ4n) is 9.43. The van der Waals surface area contributed by atoms with Crippen LogP contribution in [0.4, 0.5) is 4.79 Å². The van der Waals surface area contributed by atoms with E-state index in [0.717, 1.165) is 74.0 Å². The Balaban J connectivity index is 1.36. The summed E-state index contributed by atoms with van der Waals surface area (Å²) in [4.78, 5) is 12.2. The number of ether oxygens (including phenoxy) is 2. The van der Waals surface area contributed by atoms with Crippen LogP contribution in [0, 0.1) is 46.3 Å². The largest absolute Gasteiger partial charge is 0.508 e. The van der Waals surface area contributed by atoms with Crippen LogP contribution < -0.4 is 0 Å². The van der Waals surface area contributed by atoms with Crippen molar-refractivity contribution in [3.8, 4) is 0 Å². The van der Waals surface area contributed by atoms with Gasteiger partial charge in [-0.1, -0.05) is 85.3 Å². The lowest BCUT2D eigenvalue weighted by molar-refractivity contribution is -0.0617. The molecule has 4 rings (SSSR count). The predicted molar refractivity (Wildman–Crippen MR) is 149 cm³/mol. The van der Waals surface area contributed by atoms with Crippen molar-refractivity contribution < 1.29 is 14.3 Å². The molecule has 8 atom stereocenters. The Morgan fingerprint density at radius 2 is 1.81 bits per heavy atom. The molecular formula is C33H56O3. The number of carbonyl (C=O) groups is 1. The number of unbranched alkanes of at least 4 members (excludes halogenated alkanes) is 2. The molecule has 0 radical (unpaired) electrons. The third-order valence-corrected chi connectivity index (χ3v) is 11.5. The molecule has 1 unspecified atom stereocenters. The van der Waals surface area contributed by atoms with Crippen molar-refractivity contribution in [3.63, 3.8) is 0 Å². The van der Waals surface area contributed by atoms with Crippen LogP contribution in [0.1, 0.15) is 131 Å². The summed E-state index contributed by atoms with van der Waals surface area (Å²) in [5, 5.41) is 0. The molecule has 0 aliphatic heterocycles.